The standard InChI is InChI=1S/C15H13ClO2S/c16-12-7-5-10(6-8-12)13-4-2-1-3-11(13)9-14(19)15(17)18/h1-8,14,19H,9H2,(H,17,18). The average Bonchev–Trinajstić information content (AvgIpc) is 2.40. The van der Waals surface area contributed by atoms with Crippen LogP contribution in [0.2, 0.25) is 5.02 Å². The lowest BCUT2D eigenvalue weighted by atomic mass is 9.96. The molecule has 0 bridgehead atoms. The summed E-state index contributed by atoms with van der Waals surface area (Å²) in [6, 6.07) is 15.2. The van der Waals surface area contributed by atoms with Crippen molar-refractivity contribution >= 4 is 30.2 Å². The van der Waals surface area contributed by atoms with Crippen LogP contribution in [-0.2, 0) is 11.2 Å². The Morgan fingerprint density at radius 2 is 1.79 bits per heavy atom. The van der Waals surface area contributed by atoms with Crippen LogP contribution < -0.4 is 0 Å². The Labute approximate surface area is 122 Å². The van der Waals surface area contributed by atoms with Crippen LogP contribution in [0.15, 0.2) is 48.5 Å². The fourth-order valence-corrected chi connectivity index (χ4v) is 2.23. The van der Waals surface area contributed by atoms with Crippen molar-refractivity contribution in [2.45, 2.75) is 11.7 Å². The molecule has 1 N–H and O–H groups in total. The van der Waals surface area contributed by atoms with Gasteiger partial charge in [0.1, 0.15) is 5.25 Å². The molecule has 98 valence electrons. The molecule has 0 amide bonds. The second-order valence-electron chi connectivity index (χ2n) is 4.22. The molecule has 0 aromatic heterocycles. The maximum absolute atomic E-state index is 10.9. The highest BCUT2D eigenvalue weighted by Crippen LogP contribution is 2.26. The number of aliphatic carboxylic acids is 1. The van der Waals surface area contributed by atoms with E-state index >= 15 is 0 Å². The van der Waals surface area contributed by atoms with Crippen molar-refractivity contribution in [3.63, 3.8) is 0 Å². The molecule has 1 unspecified atom stereocenters. The number of hydrogen-bond acceptors (Lipinski definition) is 2. The summed E-state index contributed by atoms with van der Waals surface area (Å²) in [7, 11) is 0. The van der Waals surface area contributed by atoms with Gasteiger partial charge in [0.2, 0.25) is 0 Å². The van der Waals surface area contributed by atoms with E-state index in [9.17, 15) is 4.79 Å². The van der Waals surface area contributed by atoms with E-state index in [1.165, 1.54) is 0 Å². The summed E-state index contributed by atoms with van der Waals surface area (Å²) < 4.78 is 0. The van der Waals surface area contributed by atoms with E-state index < -0.39 is 11.2 Å². The zero-order chi connectivity index (χ0) is 13.8. The molecule has 0 fully saturated rings. The third-order valence-electron chi connectivity index (χ3n) is 2.87. The molecular weight excluding hydrogens is 280 g/mol. The van der Waals surface area contributed by atoms with Crippen molar-refractivity contribution in [1.82, 2.24) is 0 Å². The predicted molar refractivity (Wildman–Crippen MR) is 81.0 cm³/mol. The minimum Gasteiger partial charge on any atom is -0.480 e. The average molecular weight is 293 g/mol. The molecule has 0 aliphatic rings. The first-order valence-electron chi connectivity index (χ1n) is 5.82. The smallest absolute Gasteiger partial charge is 0.316 e. The maximum atomic E-state index is 10.9. The Morgan fingerprint density at radius 3 is 2.42 bits per heavy atom. The first kappa shape index (κ1) is 14.0. The Hall–Kier alpha value is -1.45. The van der Waals surface area contributed by atoms with Gasteiger partial charge < -0.3 is 5.11 Å². The van der Waals surface area contributed by atoms with Gasteiger partial charge >= 0.3 is 5.97 Å². The summed E-state index contributed by atoms with van der Waals surface area (Å²) in [5.74, 6) is -0.908. The van der Waals surface area contributed by atoms with Gasteiger partial charge in [-0.25, -0.2) is 0 Å². The van der Waals surface area contributed by atoms with Crippen LogP contribution in [0.3, 0.4) is 0 Å². The van der Waals surface area contributed by atoms with Crippen LogP contribution >= 0.6 is 24.2 Å². The summed E-state index contributed by atoms with van der Waals surface area (Å²) in [6.07, 6.45) is 0.386. The lowest BCUT2D eigenvalue weighted by Crippen LogP contribution is -2.16. The van der Waals surface area contributed by atoms with E-state index in [4.69, 9.17) is 16.7 Å². The van der Waals surface area contributed by atoms with Gasteiger partial charge in [0, 0.05) is 5.02 Å². The molecule has 2 nitrogen and oxygen atoms in total. The molecule has 0 saturated carbocycles. The van der Waals surface area contributed by atoms with Gasteiger partial charge in [-0.1, -0.05) is 48.0 Å². The topological polar surface area (TPSA) is 37.3 Å². The Balaban J connectivity index is 2.35. The zero-order valence-corrected chi connectivity index (χ0v) is 11.7. The van der Waals surface area contributed by atoms with Gasteiger partial charge in [-0.05, 0) is 35.2 Å². The SMILES string of the molecule is O=C(O)C(S)Cc1ccccc1-c1ccc(Cl)cc1. The third kappa shape index (κ3) is 3.52. The number of carboxylic acid groups (broad SMARTS) is 1. The number of carboxylic acids is 1. The van der Waals surface area contributed by atoms with E-state index in [1.807, 2.05) is 48.5 Å². The molecule has 4 heteroatoms. The van der Waals surface area contributed by atoms with Crippen molar-refractivity contribution in [3.8, 4) is 11.1 Å². The van der Waals surface area contributed by atoms with E-state index in [0.29, 0.717) is 11.4 Å². The van der Waals surface area contributed by atoms with Crippen molar-refractivity contribution < 1.29 is 9.90 Å². The van der Waals surface area contributed by atoms with Crippen LogP contribution in [0.1, 0.15) is 5.56 Å². The monoisotopic (exact) mass is 292 g/mol. The number of rotatable bonds is 4. The minimum absolute atomic E-state index is 0.386. The predicted octanol–water partition coefficient (Wildman–Crippen LogP) is 3.93. The molecule has 19 heavy (non-hydrogen) atoms. The molecule has 0 aliphatic carbocycles. The normalized spacial score (nSPS) is 12.1. The minimum atomic E-state index is -0.908. The lowest BCUT2D eigenvalue weighted by molar-refractivity contribution is -0.136. The van der Waals surface area contributed by atoms with Crippen LogP contribution in [-0.4, -0.2) is 16.3 Å². The van der Waals surface area contributed by atoms with Gasteiger partial charge in [0.05, 0.1) is 0 Å². The fraction of sp³-hybridized carbons (Fsp3) is 0.133. The fourth-order valence-electron chi connectivity index (χ4n) is 1.90. The lowest BCUT2D eigenvalue weighted by Gasteiger charge is -2.11. The van der Waals surface area contributed by atoms with Gasteiger partial charge in [0.25, 0.3) is 0 Å². The van der Waals surface area contributed by atoms with E-state index in [0.717, 1.165) is 16.7 Å². The Bertz CT molecular complexity index is 581. The van der Waals surface area contributed by atoms with Crippen molar-refractivity contribution in [2.24, 2.45) is 0 Å². The molecule has 2 aromatic carbocycles. The summed E-state index contributed by atoms with van der Waals surface area (Å²) in [5, 5.41) is 8.93. The Morgan fingerprint density at radius 1 is 1.16 bits per heavy atom. The largest absolute Gasteiger partial charge is 0.480 e. The molecular formula is C15H13ClO2S. The number of thiol groups is 1. The summed E-state index contributed by atoms with van der Waals surface area (Å²) >= 11 is 9.97. The second kappa shape index (κ2) is 6.13. The highest BCUT2D eigenvalue weighted by atomic mass is 35.5. The highest BCUT2D eigenvalue weighted by Gasteiger charge is 2.15. The van der Waals surface area contributed by atoms with E-state index in [2.05, 4.69) is 12.6 Å². The van der Waals surface area contributed by atoms with Crippen molar-refractivity contribution in [2.75, 3.05) is 0 Å². The van der Waals surface area contributed by atoms with Crippen LogP contribution in [0, 0.1) is 0 Å². The molecule has 0 heterocycles. The summed E-state index contributed by atoms with van der Waals surface area (Å²) in [6.45, 7) is 0. The molecule has 0 saturated heterocycles. The zero-order valence-electron chi connectivity index (χ0n) is 10.1. The van der Waals surface area contributed by atoms with Gasteiger partial charge in [-0.3, -0.25) is 4.79 Å². The quantitative estimate of drug-likeness (QED) is 0.838. The number of halogens is 1. The highest BCUT2D eigenvalue weighted by molar-refractivity contribution is 7.81. The number of hydrogen-bond donors (Lipinski definition) is 2. The maximum Gasteiger partial charge on any atom is 0.316 e. The van der Waals surface area contributed by atoms with Gasteiger partial charge in [0.15, 0.2) is 0 Å². The van der Waals surface area contributed by atoms with Crippen molar-refractivity contribution in [1.29, 1.82) is 0 Å². The third-order valence-corrected chi connectivity index (χ3v) is 3.53. The molecule has 2 rings (SSSR count). The number of carbonyl (C=O) groups is 1. The Kier molecular flexibility index (Phi) is 4.51. The molecule has 2 aromatic rings. The van der Waals surface area contributed by atoms with Crippen LogP contribution in [0.4, 0.5) is 0 Å². The first-order chi connectivity index (χ1) is 9.08. The van der Waals surface area contributed by atoms with Crippen LogP contribution in [0.25, 0.3) is 11.1 Å². The van der Waals surface area contributed by atoms with Crippen LogP contribution in [0.5, 0.6) is 0 Å². The molecule has 0 aliphatic heterocycles. The molecule has 1 atom stereocenters. The molecule has 0 spiro atoms. The number of benzene rings is 2. The van der Waals surface area contributed by atoms with Gasteiger partial charge in [-0.2, -0.15) is 12.6 Å². The van der Waals surface area contributed by atoms with Crippen molar-refractivity contribution in [3.05, 3.63) is 59.1 Å². The molecule has 0 radical (unpaired) electrons. The van der Waals surface area contributed by atoms with E-state index in [-0.39, 0.29) is 0 Å². The van der Waals surface area contributed by atoms with Gasteiger partial charge in [-0.15, -0.1) is 0 Å². The summed E-state index contributed by atoms with van der Waals surface area (Å²) in [4.78, 5) is 10.9. The first-order valence-corrected chi connectivity index (χ1v) is 6.72. The van der Waals surface area contributed by atoms with E-state index in [1.54, 1.807) is 0 Å². The second-order valence-corrected chi connectivity index (χ2v) is 5.28. The summed E-state index contributed by atoms with van der Waals surface area (Å²) in [5.41, 5.74) is 3.00.